The third kappa shape index (κ3) is 6.21. The third-order valence-corrected chi connectivity index (χ3v) is 3.70. The van der Waals surface area contributed by atoms with Gasteiger partial charge in [0.1, 0.15) is 23.9 Å². The molecular formula is C21H20N2O5. The summed E-state index contributed by atoms with van der Waals surface area (Å²) in [5, 5.41) is 4.69. The minimum atomic E-state index is -0.616. The van der Waals surface area contributed by atoms with Gasteiger partial charge < -0.3 is 19.2 Å². The Morgan fingerprint density at radius 2 is 1.57 bits per heavy atom. The summed E-state index contributed by atoms with van der Waals surface area (Å²) in [4.78, 5) is 23.4. The van der Waals surface area contributed by atoms with Crippen molar-refractivity contribution in [2.24, 2.45) is 0 Å². The second kappa shape index (κ2) is 9.82. The first-order chi connectivity index (χ1) is 13.7. The molecule has 0 bridgehead atoms. The summed E-state index contributed by atoms with van der Waals surface area (Å²) < 4.78 is 16.1. The van der Waals surface area contributed by atoms with Crippen LogP contribution in [0.2, 0.25) is 0 Å². The molecule has 0 radical (unpaired) electrons. The maximum Gasteiger partial charge on any atom is 0.321 e. The monoisotopic (exact) mass is 380 g/mol. The van der Waals surface area contributed by atoms with E-state index in [4.69, 9.17) is 13.9 Å². The highest BCUT2D eigenvalue weighted by Gasteiger charge is 2.09. The zero-order chi connectivity index (χ0) is 19.6. The summed E-state index contributed by atoms with van der Waals surface area (Å²) in [5.41, 5.74) is 1.07. The van der Waals surface area contributed by atoms with Crippen molar-refractivity contribution in [1.29, 1.82) is 0 Å². The molecule has 1 aromatic heterocycles. The van der Waals surface area contributed by atoms with Gasteiger partial charge >= 0.3 is 6.03 Å². The average molecular weight is 380 g/mol. The van der Waals surface area contributed by atoms with Crippen LogP contribution in [0, 0.1) is 0 Å². The molecule has 0 unspecified atom stereocenters. The number of ether oxygens (including phenoxy) is 2. The maximum absolute atomic E-state index is 11.8. The summed E-state index contributed by atoms with van der Waals surface area (Å²) >= 11 is 0. The van der Waals surface area contributed by atoms with Crippen molar-refractivity contribution < 1.29 is 23.5 Å². The van der Waals surface area contributed by atoms with Gasteiger partial charge in [-0.05, 0) is 42.0 Å². The second-order valence-corrected chi connectivity index (χ2v) is 5.84. The standard InChI is InChI=1S/C21H20N2O5/c24-20(23-21(25)22-13-19-7-4-12-26-19)15-28-18-10-8-17(9-11-18)27-14-16-5-2-1-3-6-16/h1-12H,13-15H2,(H2,22,23,24,25). The quantitative estimate of drug-likeness (QED) is 0.626. The number of nitrogens with one attached hydrogen (secondary N) is 2. The van der Waals surface area contributed by atoms with E-state index in [0.29, 0.717) is 23.9 Å². The van der Waals surface area contributed by atoms with Crippen molar-refractivity contribution in [2.45, 2.75) is 13.2 Å². The maximum atomic E-state index is 11.8. The van der Waals surface area contributed by atoms with Crippen LogP contribution in [0.4, 0.5) is 4.79 Å². The lowest BCUT2D eigenvalue weighted by molar-refractivity contribution is -0.122. The van der Waals surface area contributed by atoms with E-state index in [1.807, 2.05) is 30.3 Å². The first-order valence-electron chi connectivity index (χ1n) is 8.69. The van der Waals surface area contributed by atoms with Crippen LogP contribution in [0.1, 0.15) is 11.3 Å². The molecule has 0 saturated carbocycles. The lowest BCUT2D eigenvalue weighted by Gasteiger charge is -2.09. The molecule has 2 aromatic carbocycles. The summed E-state index contributed by atoms with van der Waals surface area (Å²) in [6.07, 6.45) is 1.51. The molecule has 7 heteroatoms. The number of urea groups is 1. The fraction of sp³-hybridized carbons (Fsp3) is 0.143. The molecule has 0 aliphatic rings. The van der Waals surface area contributed by atoms with E-state index in [-0.39, 0.29) is 13.2 Å². The third-order valence-electron chi connectivity index (χ3n) is 3.70. The lowest BCUT2D eigenvalue weighted by atomic mass is 10.2. The molecule has 0 fully saturated rings. The molecule has 144 valence electrons. The van der Waals surface area contributed by atoms with Gasteiger partial charge in [0.15, 0.2) is 6.61 Å². The molecule has 3 amide bonds. The van der Waals surface area contributed by atoms with Crippen molar-refractivity contribution in [2.75, 3.05) is 6.61 Å². The van der Waals surface area contributed by atoms with E-state index in [0.717, 1.165) is 5.56 Å². The van der Waals surface area contributed by atoms with Crippen molar-refractivity contribution in [1.82, 2.24) is 10.6 Å². The predicted molar refractivity (Wildman–Crippen MR) is 102 cm³/mol. The molecule has 0 spiro atoms. The molecule has 0 aliphatic carbocycles. The largest absolute Gasteiger partial charge is 0.489 e. The minimum absolute atomic E-state index is 0.192. The van der Waals surface area contributed by atoms with E-state index in [1.165, 1.54) is 6.26 Å². The van der Waals surface area contributed by atoms with Crippen LogP contribution in [0.5, 0.6) is 11.5 Å². The number of amides is 3. The van der Waals surface area contributed by atoms with Gasteiger partial charge in [0.05, 0.1) is 12.8 Å². The van der Waals surface area contributed by atoms with Gasteiger partial charge in [-0.3, -0.25) is 10.1 Å². The Hall–Kier alpha value is -3.74. The van der Waals surface area contributed by atoms with E-state index in [9.17, 15) is 9.59 Å². The summed E-state index contributed by atoms with van der Waals surface area (Å²) in [7, 11) is 0. The summed E-state index contributed by atoms with van der Waals surface area (Å²) in [5.74, 6) is 1.23. The summed E-state index contributed by atoms with van der Waals surface area (Å²) in [6, 6.07) is 19.6. The van der Waals surface area contributed by atoms with Crippen molar-refractivity contribution in [3.63, 3.8) is 0 Å². The van der Waals surface area contributed by atoms with Gasteiger partial charge in [-0.1, -0.05) is 30.3 Å². The molecule has 2 N–H and O–H groups in total. The predicted octanol–water partition coefficient (Wildman–Crippen LogP) is 3.26. The van der Waals surface area contributed by atoms with Gasteiger partial charge in [0.25, 0.3) is 5.91 Å². The SMILES string of the molecule is O=C(COc1ccc(OCc2ccccc2)cc1)NC(=O)NCc1ccco1. The van der Waals surface area contributed by atoms with Crippen molar-refractivity contribution >= 4 is 11.9 Å². The number of carbonyl (C=O) groups excluding carboxylic acids is 2. The second-order valence-electron chi connectivity index (χ2n) is 5.84. The van der Waals surface area contributed by atoms with E-state index >= 15 is 0 Å². The fourth-order valence-electron chi connectivity index (χ4n) is 2.31. The fourth-order valence-corrected chi connectivity index (χ4v) is 2.31. The van der Waals surface area contributed by atoms with Gasteiger partial charge in [0.2, 0.25) is 0 Å². The number of benzene rings is 2. The minimum Gasteiger partial charge on any atom is -0.489 e. The average Bonchev–Trinajstić information content (AvgIpc) is 3.24. The first kappa shape index (κ1) is 19.0. The highest BCUT2D eigenvalue weighted by molar-refractivity contribution is 5.94. The highest BCUT2D eigenvalue weighted by Crippen LogP contribution is 2.18. The van der Waals surface area contributed by atoms with Crippen LogP contribution in [0.15, 0.2) is 77.4 Å². The van der Waals surface area contributed by atoms with Crippen LogP contribution in [0.25, 0.3) is 0 Å². The smallest absolute Gasteiger partial charge is 0.321 e. The lowest BCUT2D eigenvalue weighted by Crippen LogP contribution is -2.41. The number of furan rings is 1. The van der Waals surface area contributed by atoms with Crippen LogP contribution in [0.3, 0.4) is 0 Å². The zero-order valence-corrected chi connectivity index (χ0v) is 15.1. The normalized spacial score (nSPS) is 10.1. The molecular weight excluding hydrogens is 360 g/mol. The molecule has 0 saturated heterocycles. The number of hydrogen-bond acceptors (Lipinski definition) is 5. The Morgan fingerprint density at radius 1 is 0.857 bits per heavy atom. The Kier molecular flexibility index (Phi) is 6.67. The molecule has 0 aliphatic heterocycles. The molecule has 28 heavy (non-hydrogen) atoms. The van der Waals surface area contributed by atoms with Crippen LogP contribution in [-0.4, -0.2) is 18.5 Å². The molecule has 7 nitrogen and oxygen atoms in total. The topological polar surface area (TPSA) is 89.8 Å². The van der Waals surface area contributed by atoms with Crippen LogP contribution >= 0.6 is 0 Å². The van der Waals surface area contributed by atoms with Gasteiger partial charge in [0, 0.05) is 0 Å². The highest BCUT2D eigenvalue weighted by atomic mass is 16.5. The van der Waals surface area contributed by atoms with E-state index in [1.54, 1.807) is 36.4 Å². The van der Waals surface area contributed by atoms with E-state index in [2.05, 4.69) is 10.6 Å². The number of rotatable bonds is 8. The van der Waals surface area contributed by atoms with E-state index < -0.39 is 11.9 Å². The number of imide groups is 1. The van der Waals surface area contributed by atoms with Crippen LogP contribution < -0.4 is 20.1 Å². The Labute approximate surface area is 162 Å². The van der Waals surface area contributed by atoms with Crippen molar-refractivity contribution in [3.8, 4) is 11.5 Å². The first-order valence-corrected chi connectivity index (χ1v) is 8.69. The molecule has 3 aromatic rings. The Balaban J connectivity index is 1.36. The number of hydrogen-bond donors (Lipinski definition) is 2. The molecule has 0 atom stereocenters. The Bertz CT molecular complexity index is 877. The summed E-state index contributed by atoms with van der Waals surface area (Å²) in [6.45, 7) is 0.381. The molecule has 1 heterocycles. The van der Waals surface area contributed by atoms with Crippen molar-refractivity contribution in [3.05, 3.63) is 84.3 Å². The Morgan fingerprint density at radius 3 is 2.25 bits per heavy atom. The van der Waals surface area contributed by atoms with Gasteiger partial charge in [-0.15, -0.1) is 0 Å². The van der Waals surface area contributed by atoms with Gasteiger partial charge in [-0.2, -0.15) is 0 Å². The zero-order valence-electron chi connectivity index (χ0n) is 15.1. The van der Waals surface area contributed by atoms with Crippen LogP contribution in [-0.2, 0) is 17.9 Å². The number of carbonyl (C=O) groups is 2. The molecule has 3 rings (SSSR count). The van der Waals surface area contributed by atoms with Gasteiger partial charge in [-0.25, -0.2) is 4.79 Å².